The molecule has 2 heterocycles. The number of fused-ring (bicyclic) bond motifs is 1. The molecule has 8 nitrogen and oxygen atoms in total. The Kier molecular flexibility index (Phi) is 6.87. The summed E-state index contributed by atoms with van der Waals surface area (Å²) < 4.78 is 25.5. The van der Waals surface area contributed by atoms with E-state index < -0.39 is 5.82 Å². The number of likely N-dealkylation sites (tertiary alicyclic amines) is 1. The fourth-order valence-corrected chi connectivity index (χ4v) is 3.76. The van der Waals surface area contributed by atoms with E-state index >= 15 is 0 Å². The van der Waals surface area contributed by atoms with Crippen LogP contribution in [0.2, 0.25) is 5.02 Å². The van der Waals surface area contributed by atoms with Gasteiger partial charge in [0.25, 0.3) is 0 Å². The van der Waals surface area contributed by atoms with Crippen molar-refractivity contribution in [2.24, 2.45) is 5.73 Å². The van der Waals surface area contributed by atoms with Gasteiger partial charge in [0.05, 0.1) is 17.1 Å². The van der Waals surface area contributed by atoms with E-state index in [1.54, 1.807) is 18.3 Å². The SMILES string of the molecule is NC(=O)CN1CCC(Oc2cc3cncnc3cc2OCNc2ccc(F)c(Cl)c2)CC1. The highest BCUT2D eigenvalue weighted by Gasteiger charge is 2.23. The Morgan fingerprint density at radius 2 is 2.06 bits per heavy atom. The Bertz CT molecular complexity index is 1110. The zero-order valence-electron chi connectivity index (χ0n) is 17.3. The zero-order chi connectivity index (χ0) is 22.5. The van der Waals surface area contributed by atoms with Crippen molar-refractivity contribution in [2.45, 2.75) is 18.9 Å². The maximum atomic E-state index is 13.4. The first kappa shape index (κ1) is 22.0. The van der Waals surface area contributed by atoms with Crippen LogP contribution >= 0.6 is 11.6 Å². The standard InChI is InChI=1S/C22H23ClFN5O3/c23-17-8-15(1-2-18(17)24)28-13-31-20-9-19-14(10-26-12-27-19)7-21(20)32-16-3-5-29(6-4-16)11-22(25)30/h1-2,7-10,12,16,28H,3-6,11,13H2,(H2,25,30). The summed E-state index contributed by atoms with van der Waals surface area (Å²) in [5.41, 5.74) is 6.64. The first-order valence-electron chi connectivity index (χ1n) is 10.2. The van der Waals surface area contributed by atoms with Crippen molar-refractivity contribution in [1.29, 1.82) is 0 Å². The molecule has 0 bridgehead atoms. The van der Waals surface area contributed by atoms with Crippen LogP contribution in [0.25, 0.3) is 10.9 Å². The lowest BCUT2D eigenvalue weighted by molar-refractivity contribution is -0.119. The number of hydrogen-bond acceptors (Lipinski definition) is 7. The zero-order valence-corrected chi connectivity index (χ0v) is 18.0. The third kappa shape index (κ3) is 5.54. The first-order chi connectivity index (χ1) is 15.5. The van der Waals surface area contributed by atoms with Crippen molar-refractivity contribution < 1.29 is 18.7 Å². The van der Waals surface area contributed by atoms with Gasteiger partial charge in [0, 0.05) is 36.4 Å². The minimum atomic E-state index is -0.482. The number of carbonyl (C=O) groups is 1. The van der Waals surface area contributed by atoms with Crippen LogP contribution in [0.1, 0.15) is 12.8 Å². The van der Waals surface area contributed by atoms with Gasteiger partial charge < -0.3 is 20.5 Å². The van der Waals surface area contributed by atoms with E-state index in [2.05, 4.69) is 15.3 Å². The van der Waals surface area contributed by atoms with Crippen LogP contribution < -0.4 is 20.5 Å². The second-order valence-electron chi connectivity index (χ2n) is 7.53. The van der Waals surface area contributed by atoms with Crippen molar-refractivity contribution in [1.82, 2.24) is 14.9 Å². The Hall–Kier alpha value is -3.17. The number of benzene rings is 2. The maximum absolute atomic E-state index is 13.4. The van der Waals surface area contributed by atoms with Gasteiger partial charge in [0.15, 0.2) is 18.2 Å². The molecule has 0 spiro atoms. The summed E-state index contributed by atoms with van der Waals surface area (Å²) in [7, 11) is 0. The van der Waals surface area contributed by atoms with Crippen LogP contribution in [0.3, 0.4) is 0 Å². The third-order valence-electron chi connectivity index (χ3n) is 5.20. The van der Waals surface area contributed by atoms with Gasteiger partial charge >= 0.3 is 0 Å². The van der Waals surface area contributed by atoms with Gasteiger partial charge in [-0.15, -0.1) is 0 Å². The number of ether oxygens (including phenoxy) is 2. The number of piperidine rings is 1. The van der Waals surface area contributed by atoms with Gasteiger partial charge in [-0.3, -0.25) is 9.69 Å². The molecule has 0 aliphatic carbocycles. The minimum Gasteiger partial charge on any atom is -0.486 e. The molecule has 0 radical (unpaired) electrons. The van der Waals surface area contributed by atoms with Gasteiger partial charge in [-0.1, -0.05) is 11.6 Å². The largest absolute Gasteiger partial charge is 0.486 e. The minimum absolute atomic E-state index is 0.0209. The Morgan fingerprint density at radius 1 is 1.25 bits per heavy atom. The molecule has 1 aliphatic heterocycles. The summed E-state index contributed by atoms with van der Waals surface area (Å²) in [5.74, 6) is 0.297. The summed E-state index contributed by atoms with van der Waals surface area (Å²) in [5, 5.41) is 3.92. The van der Waals surface area contributed by atoms with E-state index in [-0.39, 0.29) is 30.3 Å². The average molecular weight is 460 g/mol. The average Bonchev–Trinajstić information content (AvgIpc) is 2.77. The molecule has 1 aliphatic rings. The number of aromatic nitrogens is 2. The van der Waals surface area contributed by atoms with Crippen molar-refractivity contribution in [3.05, 3.63) is 53.7 Å². The predicted octanol–water partition coefficient (Wildman–Crippen LogP) is 3.20. The molecule has 10 heteroatoms. The molecule has 1 fully saturated rings. The number of nitrogens with two attached hydrogens (primary N) is 1. The Morgan fingerprint density at radius 3 is 2.81 bits per heavy atom. The van der Waals surface area contributed by atoms with E-state index in [1.165, 1.54) is 18.5 Å². The van der Waals surface area contributed by atoms with Crippen molar-refractivity contribution in [3.8, 4) is 11.5 Å². The van der Waals surface area contributed by atoms with Crippen LogP contribution in [0.4, 0.5) is 10.1 Å². The number of carbonyl (C=O) groups excluding carboxylic acids is 1. The monoisotopic (exact) mass is 459 g/mol. The Labute approximate surface area is 189 Å². The normalized spacial score (nSPS) is 14.9. The summed E-state index contributed by atoms with van der Waals surface area (Å²) in [6, 6.07) is 8.01. The third-order valence-corrected chi connectivity index (χ3v) is 5.49. The molecule has 4 rings (SSSR count). The van der Waals surface area contributed by atoms with Gasteiger partial charge in [-0.25, -0.2) is 14.4 Å². The molecular weight excluding hydrogens is 437 g/mol. The van der Waals surface area contributed by atoms with Crippen LogP contribution in [-0.4, -0.2) is 53.2 Å². The van der Waals surface area contributed by atoms with E-state index in [0.717, 1.165) is 36.8 Å². The van der Waals surface area contributed by atoms with E-state index in [0.29, 0.717) is 17.2 Å². The molecule has 2 aromatic carbocycles. The van der Waals surface area contributed by atoms with Crippen LogP contribution in [-0.2, 0) is 4.79 Å². The second kappa shape index (κ2) is 9.97. The Balaban J connectivity index is 1.45. The highest BCUT2D eigenvalue weighted by atomic mass is 35.5. The number of halogens is 2. The smallest absolute Gasteiger partial charge is 0.231 e. The summed E-state index contributed by atoms with van der Waals surface area (Å²) >= 11 is 5.83. The molecule has 1 saturated heterocycles. The van der Waals surface area contributed by atoms with Gasteiger partial charge in [0.1, 0.15) is 18.2 Å². The number of anilines is 1. The number of amides is 1. The van der Waals surface area contributed by atoms with Crippen molar-refractivity contribution in [2.75, 3.05) is 31.7 Å². The lowest BCUT2D eigenvalue weighted by atomic mass is 10.1. The molecule has 168 valence electrons. The number of rotatable bonds is 8. The lowest BCUT2D eigenvalue weighted by Gasteiger charge is -2.31. The summed E-state index contributed by atoms with van der Waals surface area (Å²) in [6.07, 6.45) is 4.70. The van der Waals surface area contributed by atoms with Crippen molar-refractivity contribution in [3.63, 3.8) is 0 Å². The molecular formula is C22H23ClFN5O3. The van der Waals surface area contributed by atoms with Crippen molar-refractivity contribution >= 4 is 34.1 Å². The molecule has 0 unspecified atom stereocenters. The van der Waals surface area contributed by atoms with Crippen LogP contribution in [0.15, 0.2) is 42.9 Å². The summed E-state index contributed by atoms with van der Waals surface area (Å²) in [6.45, 7) is 1.83. The fourth-order valence-electron chi connectivity index (χ4n) is 3.58. The topological polar surface area (TPSA) is 103 Å². The van der Waals surface area contributed by atoms with E-state index in [1.807, 2.05) is 11.0 Å². The molecule has 0 atom stereocenters. The van der Waals surface area contributed by atoms with E-state index in [9.17, 15) is 9.18 Å². The predicted molar refractivity (Wildman–Crippen MR) is 119 cm³/mol. The first-order valence-corrected chi connectivity index (χ1v) is 10.6. The number of nitrogens with one attached hydrogen (secondary N) is 1. The van der Waals surface area contributed by atoms with Crippen LogP contribution in [0, 0.1) is 5.82 Å². The second-order valence-corrected chi connectivity index (χ2v) is 7.94. The molecule has 32 heavy (non-hydrogen) atoms. The molecule has 3 aromatic rings. The quantitative estimate of drug-likeness (QED) is 0.498. The molecule has 1 aromatic heterocycles. The lowest BCUT2D eigenvalue weighted by Crippen LogP contribution is -2.42. The number of primary amides is 1. The number of nitrogens with zero attached hydrogens (tertiary/aromatic N) is 3. The molecule has 1 amide bonds. The van der Waals surface area contributed by atoms with Gasteiger partial charge in [0.2, 0.25) is 5.91 Å². The van der Waals surface area contributed by atoms with Crippen LogP contribution in [0.5, 0.6) is 11.5 Å². The number of hydrogen-bond donors (Lipinski definition) is 2. The molecule has 3 N–H and O–H groups in total. The highest BCUT2D eigenvalue weighted by Crippen LogP contribution is 2.33. The summed E-state index contributed by atoms with van der Waals surface area (Å²) in [4.78, 5) is 21.5. The fraction of sp³-hybridized carbons (Fsp3) is 0.318. The van der Waals surface area contributed by atoms with Gasteiger partial charge in [-0.2, -0.15) is 0 Å². The maximum Gasteiger partial charge on any atom is 0.231 e. The van der Waals surface area contributed by atoms with E-state index in [4.69, 9.17) is 26.8 Å². The van der Waals surface area contributed by atoms with Gasteiger partial charge in [-0.05, 0) is 37.1 Å². The highest BCUT2D eigenvalue weighted by molar-refractivity contribution is 6.31. The molecule has 0 saturated carbocycles.